The summed E-state index contributed by atoms with van der Waals surface area (Å²) in [6, 6.07) is 6.81. The normalized spacial score (nSPS) is 15.3. The Morgan fingerprint density at radius 2 is 1.87 bits per heavy atom. The maximum Gasteiger partial charge on any atom is 0.490 e. The summed E-state index contributed by atoms with van der Waals surface area (Å²) >= 11 is 0. The molecule has 13 heteroatoms. The number of piperidine rings is 1. The van der Waals surface area contributed by atoms with Gasteiger partial charge in [-0.3, -0.25) is 0 Å². The minimum Gasteiger partial charge on any atom is -0.475 e. The van der Waals surface area contributed by atoms with Crippen LogP contribution in [0.2, 0.25) is 0 Å². The molecule has 0 bridgehead atoms. The molecule has 8 nitrogen and oxygen atoms in total. The summed E-state index contributed by atoms with van der Waals surface area (Å²) in [6.45, 7) is 1.81. The minimum atomic E-state index is -5.08. The molecule has 1 aliphatic rings. The number of para-hydroxylation sites is 1. The molecule has 1 saturated heterocycles. The molecule has 3 heterocycles. The van der Waals surface area contributed by atoms with Crippen molar-refractivity contribution in [3.8, 4) is 5.95 Å². The van der Waals surface area contributed by atoms with E-state index >= 15 is 0 Å². The maximum atomic E-state index is 13.2. The molecule has 1 aliphatic heterocycles. The van der Waals surface area contributed by atoms with Crippen LogP contribution in [0.15, 0.2) is 28.8 Å². The number of halogens is 5. The predicted octanol–water partition coefficient (Wildman–Crippen LogP) is 3.45. The first-order valence-electron chi connectivity index (χ1n) is 8.79. The van der Waals surface area contributed by atoms with Crippen LogP contribution < -0.4 is 5.32 Å². The first-order valence-corrected chi connectivity index (χ1v) is 8.79. The molecule has 0 saturated carbocycles. The molecule has 2 aromatic heterocycles. The van der Waals surface area contributed by atoms with Gasteiger partial charge in [0.15, 0.2) is 0 Å². The molecule has 0 spiro atoms. The second kappa shape index (κ2) is 8.73. The van der Waals surface area contributed by atoms with E-state index in [9.17, 15) is 22.0 Å². The minimum absolute atomic E-state index is 0.196. The van der Waals surface area contributed by atoms with E-state index in [-0.39, 0.29) is 17.6 Å². The zero-order valence-electron chi connectivity index (χ0n) is 15.2. The highest BCUT2D eigenvalue weighted by atomic mass is 19.4. The average Bonchev–Trinajstić information content (AvgIpc) is 3.33. The summed E-state index contributed by atoms with van der Waals surface area (Å²) in [5.74, 6) is -1.82. The number of carbonyl (C=O) groups is 1. The second-order valence-corrected chi connectivity index (χ2v) is 6.37. The lowest BCUT2D eigenvalue weighted by Crippen LogP contribution is -2.26. The number of alkyl halides is 5. The van der Waals surface area contributed by atoms with Gasteiger partial charge in [-0.2, -0.15) is 27.9 Å². The number of hydrogen-bond acceptors (Lipinski definition) is 6. The first-order chi connectivity index (χ1) is 14.2. The Morgan fingerprint density at radius 3 is 2.47 bits per heavy atom. The predicted molar refractivity (Wildman–Crippen MR) is 92.4 cm³/mol. The van der Waals surface area contributed by atoms with Crippen molar-refractivity contribution in [2.75, 3.05) is 13.1 Å². The van der Waals surface area contributed by atoms with E-state index in [1.165, 1.54) is 4.68 Å². The quantitative estimate of drug-likeness (QED) is 0.610. The van der Waals surface area contributed by atoms with Gasteiger partial charge >= 0.3 is 12.1 Å². The SMILES string of the molecule is FC(F)c1nn(-c2noc(C3CCNCC3)n2)c2ccccc12.O=C(O)C(F)(F)F. The third kappa shape index (κ3) is 4.72. The van der Waals surface area contributed by atoms with Crippen LogP contribution in [0.25, 0.3) is 16.9 Å². The van der Waals surface area contributed by atoms with Crippen molar-refractivity contribution < 1.29 is 36.4 Å². The highest BCUT2D eigenvalue weighted by Gasteiger charge is 2.38. The molecule has 0 unspecified atom stereocenters. The molecular formula is C17H16F5N5O3. The lowest BCUT2D eigenvalue weighted by Gasteiger charge is -2.18. The van der Waals surface area contributed by atoms with Gasteiger partial charge < -0.3 is 14.9 Å². The topological polar surface area (TPSA) is 106 Å². The van der Waals surface area contributed by atoms with Crippen molar-refractivity contribution in [3.05, 3.63) is 35.9 Å². The number of carboxylic acids is 1. The van der Waals surface area contributed by atoms with E-state index < -0.39 is 18.6 Å². The van der Waals surface area contributed by atoms with Gasteiger partial charge in [0.2, 0.25) is 5.89 Å². The van der Waals surface area contributed by atoms with E-state index in [0.717, 1.165) is 25.9 Å². The second-order valence-electron chi connectivity index (χ2n) is 6.37. The number of nitrogens with zero attached hydrogens (tertiary/aromatic N) is 4. The summed E-state index contributed by atoms with van der Waals surface area (Å²) in [5.41, 5.74) is 0.272. The molecular weight excluding hydrogens is 417 g/mol. The summed E-state index contributed by atoms with van der Waals surface area (Å²) in [5, 5.41) is 18.7. The molecule has 0 amide bonds. The molecule has 162 valence electrons. The Morgan fingerprint density at radius 1 is 1.23 bits per heavy atom. The van der Waals surface area contributed by atoms with Crippen molar-refractivity contribution in [1.82, 2.24) is 25.2 Å². The largest absolute Gasteiger partial charge is 0.490 e. The van der Waals surface area contributed by atoms with Crippen LogP contribution in [0.3, 0.4) is 0 Å². The first kappa shape index (κ1) is 21.6. The Kier molecular flexibility index (Phi) is 6.29. The molecule has 0 aliphatic carbocycles. The molecule has 1 aromatic carbocycles. The Hall–Kier alpha value is -3.09. The van der Waals surface area contributed by atoms with Crippen LogP contribution in [-0.4, -0.2) is 50.3 Å². The van der Waals surface area contributed by atoms with E-state index in [1.54, 1.807) is 24.3 Å². The van der Waals surface area contributed by atoms with Crippen LogP contribution in [0.5, 0.6) is 0 Å². The monoisotopic (exact) mass is 433 g/mol. The maximum absolute atomic E-state index is 13.2. The Bertz CT molecular complexity index is 1010. The van der Waals surface area contributed by atoms with Gasteiger partial charge in [0.1, 0.15) is 5.69 Å². The van der Waals surface area contributed by atoms with Crippen LogP contribution >= 0.6 is 0 Å². The van der Waals surface area contributed by atoms with E-state index in [1.807, 2.05) is 0 Å². The number of fused-ring (bicyclic) bond motifs is 1. The molecule has 1 fully saturated rings. The number of carboxylic acid groups (broad SMARTS) is 1. The number of rotatable bonds is 3. The Labute approximate surface area is 165 Å². The van der Waals surface area contributed by atoms with Crippen LogP contribution in [0.4, 0.5) is 22.0 Å². The molecule has 0 radical (unpaired) electrons. The molecule has 30 heavy (non-hydrogen) atoms. The summed E-state index contributed by atoms with van der Waals surface area (Å²) in [6.07, 6.45) is -5.90. The van der Waals surface area contributed by atoms with Crippen molar-refractivity contribution in [2.45, 2.75) is 31.4 Å². The number of nitrogens with one attached hydrogen (secondary N) is 1. The van der Waals surface area contributed by atoms with Gasteiger partial charge in [0.05, 0.1) is 5.52 Å². The van der Waals surface area contributed by atoms with E-state index in [2.05, 4.69) is 20.6 Å². The van der Waals surface area contributed by atoms with Gasteiger partial charge in [0.25, 0.3) is 12.4 Å². The van der Waals surface area contributed by atoms with Crippen LogP contribution in [0.1, 0.15) is 36.8 Å². The molecule has 3 aromatic rings. The fraction of sp³-hybridized carbons (Fsp3) is 0.412. The fourth-order valence-corrected chi connectivity index (χ4v) is 2.95. The molecule has 4 rings (SSSR count). The van der Waals surface area contributed by atoms with Gasteiger partial charge in [-0.15, -0.1) is 0 Å². The average molecular weight is 433 g/mol. The van der Waals surface area contributed by atoms with E-state index in [4.69, 9.17) is 14.4 Å². The van der Waals surface area contributed by atoms with Crippen LogP contribution in [0, 0.1) is 0 Å². The van der Waals surface area contributed by atoms with Gasteiger partial charge in [-0.1, -0.05) is 18.2 Å². The highest BCUT2D eigenvalue weighted by Crippen LogP contribution is 2.29. The zero-order chi connectivity index (χ0) is 21.9. The third-order valence-electron chi connectivity index (χ3n) is 4.37. The lowest BCUT2D eigenvalue weighted by atomic mass is 9.98. The fourth-order valence-electron chi connectivity index (χ4n) is 2.95. The standard InChI is InChI=1S/C15H15F2N5O.C2HF3O2/c16-13(17)12-10-3-1-2-4-11(10)22(20-12)15-19-14(23-21-15)9-5-7-18-8-6-9;3-2(4,5)1(6)7/h1-4,9,13,18H,5-8H2;(H,6,7). The van der Waals surface area contributed by atoms with Crippen LogP contribution in [-0.2, 0) is 4.79 Å². The number of benzene rings is 1. The van der Waals surface area contributed by atoms with Crippen molar-refractivity contribution in [3.63, 3.8) is 0 Å². The highest BCUT2D eigenvalue weighted by molar-refractivity contribution is 5.83. The molecule has 0 atom stereocenters. The number of hydrogen-bond donors (Lipinski definition) is 2. The van der Waals surface area contributed by atoms with Crippen molar-refractivity contribution in [2.24, 2.45) is 0 Å². The van der Waals surface area contributed by atoms with Crippen molar-refractivity contribution >= 4 is 16.9 Å². The summed E-state index contributed by atoms with van der Waals surface area (Å²) in [4.78, 5) is 13.3. The zero-order valence-corrected chi connectivity index (χ0v) is 15.2. The van der Waals surface area contributed by atoms with Gasteiger partial charge in [-0.05, 0) is 37.2 Å². The smallest absolute Gasteiger partial charge is 0.475 e. The third-order valence-corrected chi connectivity index (χ3v) is 4.37. The van der Waals surface area contributed by atoms with Gasteiger partial charge in [0, 0.05) is 11.3 Å². The molecule has 2 N–H and O–H groups in total. The van der Waals surface area contributed by atoms with Gasteiger partial charge in [-0.25, -0.2) is 13.6 Å². The van der Waals surface area contributed by atoms with E-state index in [0.29, 0.717) is 16.8 Å². The van der Waals surface area contributed by atoms with Crippen molar-refractivity contribution in [1.29, 1.82) is 0 Å². The number of aromatic nitrogens is 4. The number of aliphatic carboxylic acids is 1. The lowest BCUT2D eigenvalue weighted by molar-refractivity contribution is -0.192. The Balaban J connectivity index is 0.000000318. The summed E-state index contributed by atoms with van der Waals surface area (Å²) < 4.78 is 64.8. The summed E-state index contributed by atoms with van der Waals surface area (Å²) in [7, 11) is 0.